The molecule has 0 radical (unpaired) electrons. The van der Waals surface area contributed by atoms with Crippen LogP contribution in [0.1, 0.15) is 116 Å². The maximum absolute atomic E-state index is 12.1. The fourth-order valence-corrected chi connectivity index (χ4v) is 2.50. The third-order valence-corrected chi connectivity index (χ3v) is 6.97. The van der Waals surface area contributed by atoms with E-state index in [9.17, 15) is 14.4 Å². The van der Waals surface area contributed by atoms with E-state index in [1.165, 1.54) is 20.8 Å². The van der Waals surface area contributed by atoms with Crippen molar-refractivity contribution in [2.45, 2.75) is 151 Å². The summed E-state index contributed by atoms with van der Waals surface area (Å²) in [4.78, 5) is 65.7. The van der Waals surface area contributed by atoms with Crippen molar-refractivity contribution < 1.29 is 72.1 Å². The van der Waals surface area contributed by atoms with Crippen LogP contribution in [0.2, 0.25) is 0 Å². The van der Waals surface area contributed by atoms with Crippen LogP contribution in [0.25, 0.3) is 0 Å². The molecule has 3 atom stereocenters. The van der Waals surface area contributed by atoms with Gasteiger partial charge in [0.25, 0.3) is 0 Å². The molecule has 0 aliphatic heterocycles. The number of rotatable bonds is 22. The van der Waals surface area contributed by atoms with Gasteiger partial charge in [-0.05, 0) is 88.0 Å². The number of carbonyl (C=O) groups is 3. The highest BCUT2D eigenvalue weighted by atomic mass is 17.2. The number of ether oxygens (including phenoxy) is 6. The third kappa shape index (κ3) is 19.6. The summed E-state index contributed by atoms with van der Waals surface area (Å²) < 4.78 is 32.7. The smallest absolute Gasteiger partial charge is 0.403 e. The highest BCUT2D eigenvalue weighted by molar-refractivity contribution is 5.59. The minimum atomic E-state index is -1.08. The molecule has 3 unspecified atom stereocenters. The average molecular weight is 657 g/mol. The molecule has 266 valence electrons. The van der Waals surface area contributed by atoms with Crippen molar-refractivity contribution in [3.63, 3.8) is 0 Å². The Bertz CT molecular complexity index is 766. The van der Waals surface area contributed by atoms with Gasteiger partial charge in [0.15, 0.2) is 0 Å². The SMILES string of the molecule is CCC(COC(C)OC(=O)OOC(C)(C)CC)(COC(C)OC(=O)OOC(C)(C)CC)COC(C)OC(=O)OOC(C)(C)CC. The normalized spacial score (nSPS) is 15.7. The Hall–Kier alpha value is -2.43. The lowest BCUT2D eigenvalue weighted by molar-refractivity contribution is -0.327. The maximum Gasteiger partial charge on any atom is 0.542 e. The molecule has 15 nitrogen and oxygen atoms in total. The van der Waals surface area contributed by atoms with Gasteiger partial charge in [-0.2, -0.15) is 14.7 Å². The summed E-state index contributed by atoms with van der Waals surface area (Å²) in [5, 5.41) is 0. The zero-order valence-corrected chi connectivity index (χ0v) is 29.3. The van der Waals surface area contributed by atoms with Crippen LogP contribution in [0.4, 0.5) is 14.4 Å². The Morgan fingerprint density at radius 2 is 0.711 bits per heavy atom. The molecule has 0 bridgehead atoms. The lowest BCUT2D eigenvalue weighted by Crippen LogP contribution is -2.41. The second kappa shape index (κ2) is 19.9. The summed E-state index contributed by atoms with van der Waals surface area (Å²) >= 11 is 0. The van der Waals surface area contributed by atoms with Crippen molar-refractivity contribution in [3.05, 3.63) is 0 Å². The van der Waals surface area contributed by atoms with Gasteiger partial charge in [0.05, 0.1) is 19.8 Å². The van der Waals surface area contributed by atoms with E-state index >= 15 is 0 Å². The first kappa shape index (κ1) is 42.6. The first-order valence-electron chi connectivity index (χ1n) is 15.3. The monoisotopic (exact) mass is 656 g/mol. The molecule has 15 heteroatoms. The fourth-order valence-electron chi connectivity index (χ4n) is 2.50. The van der Waals surface area contributed by atoms with Crippen molar-refractivity contribution in [1.82, 2.24) is 0 Å². The quantitative estimate of drug-likeness (QED) is 0.0375. The number of hydrogen-bond donors (Lipinski definition) is 0. The Balaban J connectivity index is 5.34. The van der Waals surface area contributed by atoms with Crippen LogP contribution in [0.5, 0.6) is 0 Å². The van der Waals surface area contributed by atoms with E-state index in [0.29, 0.717) is 25.7 Å². The van der Waals surface area contributed by atoms with E-state index < -0.39 is 59.6 Å². The van der Waals surface area contributed by atoms with Crippen LogP contribution < -0.4 is 0 Å². The van der Waals surface area contributed by atoms with Crippen LogP contribution in [-0.2, 0) is 57.7 Å². The first-order valence-corrected chi connectivity index (χ1v) is 15.3. The number of carbonyl (C=O) groups excluding carboxylic acids is 3. The molecule has 0 N–H and O–H groups in total. The predicted molar refractivity (Wildman–Crippen MR) is 158 cm³/mol. The highest BCUT2D eigenvalue weighted by Gasteiger charge is 2.34. The minimum absolute atomic E-state index is 0.0603. The molecule has 0 saturated heterocycles. The summed E-state index contributed by atoms with van der Waals surface area (Å²) in [5.74, 6) is 0. The fraction of sp³-hybridized carbons (Fsp3) is 0.900. The standard InChI is InChI=1S/C30H56O15/c1-14-27(8,9)43-40-24(31)37-21(5)34-18-30(17-4,19-35-22(6)38-25(32)41-44-28(10,11)15-2)20-36-23(7)39-26(33)42-45-29(12,13)16-3/h21-23H,14-20H2,1-13H3. The summed E-state index contributed by atoms with van der Waals surface area (Å²) in [7, 11) is 0. The molecule has 0 spiro atoms. The summed E-state index contributed by atoms with van der Waals surface area (Å²) in [6, 6.07) is 0. The van der Waals surface area contributed by atoms with E-state index in [2.05, 4.69) is 0 Å². The molecule has 0 aromatic rings. The van der Waals surface area contributed by atoms with E-state index in [0.717, 1.165) is 0 Å². The van der Waals surface area contributed by atoms with Gasteiger partial charge in [0.2, 0.25) is 18.9 Å². The summed E-state index contributed by atoms with van der Waals surface area (Å²) in [5.41, 5.74) is -2.99. The van der Waals surface area contributed by atoms with Gasteiger partial charge < -0.3 is 28.4 Å². The Morgan fingerprint density at radius 1 is 0.467 bits per heavy atom. The van der Waals surface area contributed by atoms with Gasteiger partial charge in [-0.1, -0.05) is 27.7 Å². The van der Waals surface area contributed by atoms with Crippen LogP contribution in [0, 0.1) is 5.41 Å². The molecule has 0 aromatic heterocycles. The summed E-state index contributed by atoms with van der Waals surface area (Å²) in [6.45, 7) is 22.3. The van der Waals surface area contributed by atoms with Crippen molar-refractivity contribution in [2.75, 3.05) is 19.8 Å². The Labute approximate surface area is 267 Å². The minimum Gasteiger partial charge on any atom is -0.403 e. The molecule has 0 aliphatic carbocycles. The molecule has 0 amide bonds. The van der Waals surface area contributed by atoms with E-state index in [-0.39, 0.29) is 19.8 Å². The van der Waals surface area contributed by atoms with Gasteiger partial charge >= 0.3 is 18.5 Å². The Morgan fingerprint density at radius 3 is 0.911 bits per heavy atom. The van der Waals surface area contributed by atoms with Crippen molar-refractivity contribution >= 4 is 18.5 Å². The molecule has 0 aromatic carbocycles. The van der Waals surface area contributed by atoms with Gasteiger partial charge in [-0.3, -0.25) is 14.7 Å². The van der Waals surface area contributed by atoms with Crippen molar-refractivity contribution in [3.8, 4) is 0 Å². The van der Waals surface area contributed by atoms with Crippen LogP contribution >= 0.6 is 0 Å². The zero-order chi connectivity index (χ0) is 34.9. The summed E-state index contributed by atoms with van der Waals surface area (Å²) in [6.07, 6.45) is -4.21. The second-order valence-electron chi connectivity index (χ2n) is 12.4. The zero-order valence-electron chi connectivity index (χ0n) is 29.3. The van der Waals surface area contributed by atoms with E-state index in [1.807, 2.05) is 27.7 Å². The number of hydrogen-bond acceptors (Lipinski definition) is 15. The molecule has 0 fully saturated rings. The van der Waals surface area contributed by atoms with Crippen LogP contribution in [0.3, 0.4) is 0 Å². The average Bonchev–Trinajstić information content (AvgIpc) is 2.98. The molecule has 0 saturated carbocycles. The maximum atomic E-state index is 12.1. The van der Waals surface area contributed by atoms with Gasteiger partial charge in [0.1, 0.15) is 16.8 Å². The predicted octanol–water partition coefficient (Wildman–Crippen LogP) is 7.29. The molecule has 0 aliphatic rings. The molecular formula is C30H56O15. The lowest BCUT2D eigenvalue weighted by atomic mass is 9.88. The van der Waals surface area contributed by atoms with Crippen molar-refractivity contribution in [1.29, 1.82) is 0 Å². The van der Waals surface area contributed by atoms with Crippen molar-refractivity contribution in [2.24, 2.45) is 5.41 Å². The second-order valence-corrected chi connectivity index (χ2v) is 12.4. The molecule has 0 heterocycles. The third-order valence-electron chi connectivity index (χ3n) is 6.97. The van der Waals surface area contributed by atoms with Crippen LogP contribution in [0.15, 0.2) is 0 Å². The Kier molecular flexibility index (Phi) is 18.9. The largest absolute Gasteiger partial charge is 0.542 e. The first-order chi connectivity index (χ1) is 20.7. The topological polar surface area (TPSA) is 162 Å². The van der Waals surface area contributed by atoms with Crippen LogP contribution in [-0.4, -0.2) is 74.0 Å². The molecule has 45 heavy (non-hydrogen) atoms. The molecule has 0 rings (SSSR count). The van der Waals surface area contributed by atoms with Gasteiger partial charge in [0, 0.05) is 5.41 Å². The van der Waals surface area contributed by atoms with Gasteiger partial charge in [-0.15, -0.1) is 0 Å². The lowest BCUT2D eigenvalue weighted by Gasteiger charge is -2.34. The highest BCUT2D eigenvalue weighted by Crippen LogP contribution is 2.27. The molecular weight excluding hydrogens is 600 g/mol. The van der Waals surface area contributed by atoms with Gasteiger partial charge in [-0.25, -0.2) is 14.4 Å². The van der Waals surface area contributed by atoms with E-state index in [1.54, 1.807) is 41.5 Å². The van der Waals surface area contributed by atoms with E-state index in [4.69, 9.17) is 57.7 Å².